The molecule has 1 atom stereocenters. The molecule has 0 N–H and O–H groups in total. The van der Waals surface area contributed by atoms with Crippen molar-refractivity contribution in [1.29, 1.82) is 0 Å². The molecule has 0 aliphatic heterocycles. The highest BCUT2D eigenvalue weighted by Crippen LogP contribution is 2.24. The Balaban J connectivity index is 1.99. The summed E-state index contributed by atoms with van der Waals surface area (Å²) in [5.41, 5.74) is 1.99. The molecule has 0 aliphatic rings. The van der Waals surface area contributed by atoms with E-state index in [1.54, 1.807) is 7.11 Å². The molecule has 2 aromatic rings. The van der Waals surface area contributed by atoms with Crippen LogP contribution in [0.15, 0.2) is 54.6 Å². The molecule has 2 aromatic carbocycles. The van der Waals surface area contributed by atoms with E-state index >= 15 is 0 Å². The molecule has 0 unspecified atom stereocenters. The number of rotatable bonds is 8. The quantitative estimate of drug-likeness (QED) is 0.662. The topological polar surface area (TPSA) is 35.5 Å². The summed E-state index contributed by atoms with van der Waals surface area (Å²) in [5.74, 6) is 0.458. The van der Waals surface area contributed by atoms with E-state index in [2.05, 4.69) is 6.92 Å². The molecular weight excluding hydrogens is 288 g/mol. The van der Waals surface area contributed by atoms with Gasteiger partial charge in [-0.3, -0.25) is 4.79 Å². The highest BCUT2D eigenvalue weighted by Gasteiger charge is 2.21. The van der Waals surface area contributed by atoms with E-state index < -0.39 is 0 Å². The average Bonchev–Trinajstić information content (AvgIpc) is 2.61. The van der Waals surface area contributed by atoms with Crippen LogP contribution in [0.25, 0.3) is 0 Å². The monoisotopic (exact) mass is 312 g/mol. The Hall–Kier alpha value is -2.29. The second kappa shape index (κ2) is 8.99. The van der Waals surface area contributed by atoms with Crippen molar-refractivity contribution in [2.45, 2.75) is 38.7 Å². The molecule has 3 heteroatoms. The molecular formula is C20H24O3. The minimum atomic E-state index is -0.186. The van der Waals surface area contributed by atoms with Gasteiger partial charge in [0.25, 0.3) is 0 Å². The van der Waals surface area contributed by atoms with E-state index in [1.165, 1.54) is 0 Å². The minimum Gasteiger partial charge on any atom is -0.497 e. The van der Waals surface area contributed by atoms with Crippen LogP contribution in [-0.2, 0) is 16.1 Å². The SMILES string of the molecule is CCCC[C@H](C(=O)OCc1ccc(OC)cc1)c1ccccc1. The third kappa shape index (κ3) is 5.13. The van der Waals surface area contributed by atoms with Crippen molar-refractivity contribution in [2.24, 2.45) is 0 Å². The summed E-state index contributed by atoms with van der Waals surface area (Å²) >= 11 is 0. The minimum absolute atomic E-state index is 0.152. The van der Waals surface area contributed by atoms with Gasteiger partial charge in [0.1, 0.15) is 12.4 Å². The fourth-order valence-electron chi connectivity index (χ4n) is 2.49. The zero-order valence-corrected chi connectivity index (χ0v) is 13.8. The van der Waals surface area contributed by atoms with Crippen molar-refractivity contribution in [3.8, 4) is 5.75 Å². The lowest BCUT2D eigenvalue weighted by Gasteiger charge is -2.16. The van der Waals surface area contributed by atoms with Crippen LogP contribution in [0.1, 0.15) is 43.2 Å². The zero-order valence-electron chi connectivity index (χ0n) is 13.8. The van der Waals surface area contributed by atoms with Gasteiger partial charge in [-0.2, -0.15) is 0 Å². The fourth-order valence-corrected chi connectivity index (χ4v) is 2.49. The molecule has 0 aliphatic carbocycles. The van der Waals surface area contributed by atoms with E-state index in [0.29, 0.717) is 0 Å². The normalized spacial score (nSPS) is 11.7. The molecule has 0 saturated carbocycles. The lowest BCUT2D eigenvalue weighted by Crippen LogP contribution is -2.16. The van der Waals surface area contributed by atoms with Gasteiger partial charge in [0.15, 0.2) is 0 Å². The molecule has 23 heavy (non-hydrogen) atoms. The summed E-state index contributed by atoms with van der Waals surface area (Å²) in [6, 6.07) is 17.4. The second-order valence-corrected chi connectivity index (χ2v) is 5.56. The summed E-state index contributed by atoms with van der Waals surface area (Å²) < 4.78 is 10.7. The Morgan fingerprint density at radius 1 is 1.04 bits per heavy atom. The number of esters is 1. The lowest BCUT2D eigenvalue weighted by molar-refractivity contribution is -0.147. The number of carbonyl (C=O) groups is 1. The summed E-state index contributed by atoms with van der Waals surface area (Å²) in [6.45, 7) is 2.42. The first-order valence-corrected chi connectivity index (χ1v) is 8.09. The first-order valence-electron chi connectivity index (χ1n) is 8.09. The Morgan fingerprint density at radius 2 is 1.74 bits per heavy atom. The molecule has 0 radical (unpaired) electrons. The van der Waals surface area contributed by atoms with Crippen molar-refractivity contribution < 1.29 is 14.3 Å². The maximum atomic E-state index is 12.5. The number of benzene rings is 2. The fraction of sp³-hybridized carbons (Fsp3) is 0.350. The number of unbranched alkanes of at least 4 members (excludes halogenated alkanes) is 1. The van der Waals surface area contributed by atoms with Crippen LogP contribution in [0.5, 0.6) is 5.75 Å². The molecule has 2 rings (SSSR count). The molecule has 0 saturated heterocycles. The van der Waals surface area contributed by atoms with E-state index in [0.717, 1.165) is 36.1 Å². The van der Waals surface area contributed by atoms with E-state index in [-0.39, 0.29) is 18.5 Å². The summed E-state index contributed by atoms with van der Waals surface area (Å²) in [6.07, 6.45) is 2.90. The van der Waals surface area contributed by atoms with Crippen molar-refractivity contribution in [3.63, 3.8) is 0 Å². The van der Waals surface area contributed by atoms with Crippen LogP contribution >= 0.6 is 0 Å². The second-order valence-electron chi connectivity index (χ2n) is 5.56. The van der Waals surface area contributed by atoms with Crippen molar-refractivity contribution in [3.05, 3.63) is 65.7 Å². The maximum Gasteiger partial charge on any atom is 0.313 e. The van der Waals surface area contributed by atoms with Crippen LogP contribution in [0.3, 0.4) is 0 Å². The van der Waals surface area contributed by atoms with E-state index in [9.17, 15) is 4.79 Å². The van der Waals surface area contributed by atoms with Gasteiger partial charge >= 0.3 is 5.97 Å². The van der Waals surface area contributed by atoms with Gasteiger partial charge in [-0.25, -0.2) is 0 Å². The number of ether oxygens (including phenoxy) is 2. The highest BCUT2D eigenvalue weighted by molar-refractivity contribution is 5.78. The van der Waals surface area contributed by atoms with Crippen molar-refractivity contribution in [1.82, 2.24) is 0 Å². The van der Waals surface area contributed by atoms with Crippen LogP contribution in [0.4, 0.5) is 0 Å². The molecule has 0 spiro atoms. The van der Waals surface area contributed by atoms with Gasteiger partial charge in [-0.05, 0) is 29.7 Å². The Morgan fingerprint density at radius 3 is 2.35 bits per heavy atom. The maximum absolute atomic E-state index is 12.5. The van der Waals surface area contributed by atoms with Crippen LogP contribution in [-0.4, -0.2) is 13.1 Å². The van der Waals surface area contributed by atoms with Gasteiger partial charge in [0.2, 0.25) is 0 Å². The van der Waals surface area contributed by atoms with Crippen LogP contribution < -0.4 is 4.74 Å². The van der Waals surface area contributed by atoms with Crippen molar-refractivity contribution >= 4 is 5.97 Å². The van der Waals surface area contributed by atoms with Crippen LogP contribution in [0, 0.1) is 0 Å². The van der Waals surface area contributed by atoms with Gasteiger partial charge in [0.05, 0.1) is 13.0 Å². The molecule has 3 nitrogen and oxygen atoms in total. The van der Waals surface area contributed by atoms with Crippen molar-refractivity contribution in [2.75, 3.05) is 7.11 Å². The Kier molecular flexibility index (Phi) is 6.67. The van der Waals surface area contributed by atoms with E-state index in [1.807, 2.05) is 54.6 Å². The summed E-state index contributed by atoms with van der Waals surface area (Å²) in [4.78, 5) is 12.5. The lowest BCUT2D eigenvalue weighted by atomic mass is 9.94. The van der Waals surface area contributed by atoms with Gasteiger partial charge in [-0.15, -0.1) is 0 Å². The molecule has 0 amide bonds. The molecule has 122 valence electrons. The highest BCUT2D eigenvalue weighted by atomic mass is 16.5. The van der Waals surface area contributed by atoms with Crippen LogP contribution in [0.2, 0.25) is 0 Å². The molecule has 0 bridgehead atoms. The van der Waals surface area contributed by atoms with E-state index in [4.69, 9.17) is 9.47 Å². The average molecular weight is 312 g/mol. The Bertz CT molecular complexity index is 590. The van der Waals surface area contributed by atoms with Gasteiger partial charge in [-0.1, -0.05) is 62.2 Å². The molecule has 0 fully saturated rings. The Labute approximate surface area is 138 Å². The number of methoxy groups -OCH3 is 1. The first-order chi connectivity index (χ1) is 11.2. The third-order valence-corrected chi connectivity index (χ3v) is 3.87. The predicted molar refractivity (Wildman–Crippen MR) is 91.5 cm³/mol. The van der Waals surface area contributed by atoms with Gasteiger partial charge in [0, 0.05) is 0 Å². The number of hydrogen-bond donors (Lipinski definition) is 0. The first kappa shape index (κ1) is 17.1. The summed E-state index contributed by atoms with van der Waals surface area (Å²) in [7, 11) is 1.63. The standard InChI is InChI=1S/C20H24O3/c1-3-4-10-19(17-8-6-5-7-9-17)20(21)23-15-16-11-13-18(22-2)14-12-16/h5-9,11-14,19H,3-4,10,15H2,1-2H3/t19-/m0/s1. The zero-order chi connectivity index (χ0) is 16.5. The molecule has 0 aromatic heterocycles. The largest absolute Gasteiger partial charge is 0.497 e. The number of carbonyl (C=O) groups excluding carboxylic acids is 1. The molecule has 0 heterocycles. The number of hydrogen-bond acceptors (Lipinski definition) is 3. The van der Waals surface area contributed by atoms with Gasteiger partial charge < -0.3 is 9.47 Å². The summed E-state index contributed by atoms with van der Waals surface area (Å²) in [5, 5.41) is 0. The smallest absolute Gasteiger partial charge is 0.313 e. The third-order valence-electron chi connectivity index (χ3n) is 3.87. The predicted octanol–water partition coefficient (Wildman–Crippen LogP) is 4.71.